The van der Waals surface area contributed by atoms with Crippen molar-refractivity contribution in [2.24, 2.45) is 0 Å². The molecule has 30 heavy (non-hydrogen) atoms. The van der Waals surface area contributed by atoms with Gasteiger partial charge in [0.15, 0.2) is 0 Å². The zero-order chi connectivity index (χ0) is 20.7. The van der Waals surface area contributed by atoms with Crippen molar-refractivity contribution in [1.82, 2.24) is 20.2 Å². The van der Waals surface area contributed by atoms with E-state index in [0.29, 0.717) is 37.4 Å². The van der Waals surface area contributed by atoms with Crippen LogP contribution in [0.5, 0.6) is 0 Å². The number of alkyl halides is 2. The van der Waals surface area contributed by atoms with Gasteiger partial charge in [0.2, 0.25) is 5.89 Å². The number of carbonyl (C=O) groups is 1. The van der Waals surface area contributed by atoms with E-state index in [1.807, 2.05) is 35.3 Å². The fourth-order valence-corrected chi connectivity index (χ4v) is 3.89. The molecule has 3 heterocycles. The van der Waals surface area contributed by atoms with Crippen LogP contribution in [-0.4, -0.2) is 45.9 Å². The zero-order valence-electron chi connectivity index (χ0n) is 15.9. The summed E-state index contributed by atoms with van der Waals surface area (Å²) in [6.07, 6.45) is -2.84. The third-order valence-corrected chi connectivity index (χ3v) is 5.36. The Bertz CT molecular complexity index is 1070. The van der Waals surface area contributed by atoms with Crippen LogP contribution in [0.2, 0.25) is 0 Å². The first-order chi connectivity index (χ1) is 14.6. The Hall–Kier alpha value is -3.17. The van der Waals surface area contributed by atoms with Gasteiger partial charge in [-0.1, -0.05) is 36.4 Å². The number of hydrogen-bond donors (Lipinski definition) is 0. The molecule has 1 fully saturated rings. The molecule has 7 nitrogen and oxygen atoms in total. The van der Waals surface area contributed by atoms with Crippen LogP contribution < -0.4 is 0 Å². The molecule has 0 bridgehead atoms. The highest BCUT2D eigenvalue weighted by atomic mass is 19.3. The molecular weight excluding hydrogens is 394 g/mol. The number of morpholine rings is 1. The Morgan fingerprint density at radius 2 is 1.93 bits per heavy atom. The molecule has 5 rings (SSSR count). The van der Waals surface area contributed by atoms with E-state index in [4.69, 9.17) is 9.15 Å². The molecule has 2 aliphatic heterocycles. The van der Waals surface area contributed by atoms with Crippen LogP contribution in [0.4, 0.5) is 8.78 Å². The second-order valence-electron chi connectivity index (χ2n) is 7.15. The molecule has 1 unspecified atom stereocenters. The summed E-state index contributed by atoms with van der Waals surface area (Å²) in [7, 11) is 0. The predicted octanol–water partition coefficient (Wildman–Crippen LogP) is 3.62. The number of hydrazine groups is 1. The van der Waals surface area contributed by atoms with Gasteiger partial charge in [-0.3, -0.25) is 9.80 Å². The zero-order valence-corrected chi connectivity index (χ0v) is 15.9. The van der Waals surface area contributed by atoms with Crippen molar-refractivity contribution in [2.45, 2.75) is 19.0 Å². The Morgan fingerprint density at radius 3 is 2.70 bits per heavy atom. The molecule has 0 radical (unpaired) electrons. The highest BCUT2D eigenvalue weighted by molar-refractivity contribution is 5.99. The minimum atomic E-state index is -2.84. The molecule has 9 heteroatoms. The number of fused-ring (bicyclic) bond motifs is 1. The van der Waals surface area contributed by atoms with E-state index < -0.39 is 12.3 Å². The standard InChI is InChI=1S/C21H18F2N4O3/c22-18(23)20-25-24-19(30-20)14-6-7-15-11-27(21(28)16(15)10-14)26-8-9-29-12-17(26)13-4-2-1-3-5-13/h1-7,10,17-18H,8-9,11-12H2. The predicted molar refractivity (Wildman–Crippen MR) is 101 cm³/mol. The van der Waals surface area contributed by atoms with E-state index in [-0.39, 0.29) is 17.8 Å². The fourth-order valence-electron chi connectivity index (χ4n) is 3.89. The van der Waals surface area contributed by atoms with E-state index in [1.165, 1.54) is 0 Å². The monoisotopic (exact) mass is 412 g/mol. The molecule has 0 spiro atoms. The molecular formula is C21H18F2N4O3. The maximum atomic E-state index is 13.2. The van der Waals surface area contributed by atoms with Crippen molar-refractivity contribution >= 4 is 5.91 Å². The van der Waals surface area contributed by atoms with Crippen molar-refractivity contribution in [3.8, 4) is 11.5 Å². The van der Waals surface area contributed by atoms with E-state index in [9.17, 15) is 13.6 Å². The lowest BCUT2D eigenvalue weighted by molar-refractivity contribution is -0.110. The summed E-state index contributed by atoms with van der Waals surface area (Å²) in [5, 5.41) is 10.8. The van der Waals surface area contributed by atoms with Crippen LogP contribution in [0, 0.1) is 0 Å². The SMILES string of the molecule is O=C1c2cc(-c3nnc(C(F)F)o3)ccc2CN1N1CCOCC1c1ccccc1. The number of hydrogen-bond acceptors (Lipinski definition) is 6. The summed E-state index contributed by atoms with van der Waals surface area (Å²) in [6.45, 7) is 2.05. The van der Waals surface area contributed by atoms with Crippen molar-refractivity contribution in [2.75, 3.05) is 19.8 Å². The van der Waals surface area contributed by atoms with Crippen molar-refractivity contribution in [3.05, 3.63) is 71.1 Å². The molecule has 3 aromatic rings. The third-order valence-electron chi connectivity index (χ3n) is 5.36. The van der Waals surface area contributed by atoms with Gasteiger partial charge in [-0.2, -0.15) is 8.78 Å². The largest absolute Gasteiger partial charge is 0.415 e. The minimum absolute atomic E-state index is 0.0344. The summed E-state index contributed by atoms with van der Waals surface area (Å²) in [4.78, 5) is 13.2. The van der Waals surface area contributed by atoms with Gasteiger partial charge >= 0.3 is 6.43 Å². The summed E-state index contributed by atoms with van der Waals surface area (Å²) in [5.74, 6) is -0.923. The molecule has 2 aromatic carbocycles. The third kappa shape index (κ3) is 3.25. The van der Waals surface area contributed by atoms with Crippen LogP contribution >= 0.6 is 0 Å². The molecule has 1 aromatic heterocycles. The van der Waals surface area contributed by atoms with Crippen LogP contribution in [0.25, 0.3) is 11.5 Å². The number of rotatable bonds is 4. The number of carbonyl (C=O) groups excluding carboxylic acids is 1. The maximum absolute atomic E-state index is 13.2. The molecule has 0 aliphatic carbocycles. The molecule has 1 saturated heterocycles. The maximum Gasteiger partial charge on any atom is 0.314 e. The lowest BCUT2D eigenvalue weighted by Gasteiger charge is -2.41. The normalized spacial score (nSPS) is 19.5. The second kappa shape index (κ2) is 7.58. The van der Waals surface area contributed by atoms with Gasteiger partial charge in [-0.05, 0) is 23.3 Å². The number of amides is 1. The molecule has 0 N–H and O–H groups in total. The van der Waals surface area contributed by atoms with Crippen LogP contribution in [0.3, 0.4) is 0 Å². The summed E-state index contributed by atoms with van der Waals surface area (Å²) < 4.78 is 36.2. The average Bonchev–Trinajstić information content (AvgIpc) is 3.40. The van der Waals surface area contributed by atoms with E-state index in [1.54, 1.807) is 23.2 Å². The van der Waals surface area contributed by atoms with Gasteiger partial charge in [0.25, 0.3) is 11.8 Å². The smallest absolute Gasteiger partial charge is 0.314 e. The number of aromatic nitrogens is 2. The molecule has 1 atom stereocenters. The highest BCUT2D eigenvalue weighted by Gasteiger charge is 2.37. The number of benzene rings is 2. The Balaban J connectivity index is 1.43. The first kappa shape index (κ1) is 18.8. The molecule has 2 aliphatic rings. The summed E-state index contributed by atoms with van der Waals surface area (Å²) >= 11 is 0. The van der Waals surface area contributed by atoms with E-state index >= 15 is 0 Å². The lowest BCUT2D eigenvalue weighted by Crippen LogP contribution is -2.50. The van der Waals surface area contributed by atoms with E-state index in [0.717, 1.165) is 11.1 Å². The first-order valence-corrected chi connectivity index (χ1v) is 9.58. The Kier molecular flexibility index (Phi) is 4.76. The van der Waals surface area contributed by atoms with Crippen LogP contribution in [-0.2, 0) is 11.3 Å². The van der Waals surface area contributed by atoms with Gasteiger partial charge in [0, 0.05) is 17.7 Å². The quantitative estimate of drug-likeness (QED) is 0.652. The van der Waals surface area contributed by atoms with Gasteiger partial charge in [0.1, 0.15) is 0 Å². The van der Waals surface area contributed by atoms with E-state index in [2.05, 4.69) is 10.2 Å². The van der Waals surface area contributed by atoms with Crippen molar-refractivity contribution < 1.29 is 22.7 Å². The summed E-state index contributed by atoms with van der Waals surface area (Å²) in [6, 6.07) is 15.0. The fraction of sp³-hybridized carbons (Fsp3) is 0.286. The van der Waals surface area contributed by atoms with Gasteiger partial charge in [-0.25, -0.2) is 5.01 Å². The van der Waals surface area contributed by atoms with Gasteiger partial charge in [-0.15, -0.1) is 10.2 Å². The Labute approximate surface area is 170 Å². The lowest BCUT2D eigenvalue weighted by atomic mass is 10.1. The number of ether oxygens (including phenoxy) is 1. The minimum Gasteiger partial charge on any atom is -0.415 e. The van der Waals surface area contributed by atoms with Gasteiger partial charge in [0.05, 0.1) is 25.8 Å². The highest BCUT2D eigenvalue weighted by Crippen LogP contribution is 2.34. The van der Waals surface area contributed by atoms with Crippen molar-refractivity contribution in [1.29, 1.82) is 0 Å². The Morgan fingerprint density at radius 1 is 1.10 bits per heavy atom. The number of halogens is 2. The van der Waals surface area contributed by atoms with Crippen LogP contribution in [0.1, 0.15) is 39.8 Å². The molecule has 1 amide bonds. The first-order valence-electron chi connectivity index (χ1n) is 9.58. The van der Waals surface area contributed by atoms with Crippen molar-refractivity contribution in [3.63, 3.8) is 0 Å². The second-order valence-corrected chi connectivity index (χ2v) is 7.15. The summed E-state index contributed by atoms with van der Waals surface area (Å²) in [5.41, 5.74) is 2.87. The molecule has 154 valence electrons. The topological polar surface area (TPSA) is 71.7 Å². The molecule has 0 saturated carbocycles. The average molecular weight is 412 g/mol. The number of nitrogens with zero attached hydrogens (tertiary/aromatic N) is 4. The van der Waals surface area contributed by atoms with Crippen LogP contribution in [0.15, 0.2) is 52.9 Å². The van der Waals surface area contributed by atoms with Gasteiger partial charge < -0.3 is 9.15 Å².